The van der Waals surface area contributed by atoms with E-state index in [0.717, 1.165) is 42.8 Å². The van der Waals surface area contributed by atoms with Gasteiger partial charge in [0.2, 0.25) is 5.91 Å². The summed E-state index contributed by atoms with van der Waals surface area (Å²) in [6, 6.07) is 12.5. The van der Waals surface area contributed by atoms with Crippen LogP contribution >= 0.6 is 11.6 Å². The number of halogens is 2. The molecule has 2 aliphatic rings. The molecule has 0 aromatic heterocycles. The molecule has 0 bridgehead atoms. The summed E-state index contributed by atoms with van der Waals surface area (Å²) in [5.41, 5.74) is 2.06. The summed E-state index contributed by atoms with van der Waals surface area (Å²) in [7, 11) is 0. The molecule has 0 aliphatic carbocycles. The fraction of sp³-hybridized carbons (Fsp3) is 0.409. The van der Waals surface area contributed by atoms with Crippen molar-refractivity contribution in [1.82, 2.24) is 9.80 Å². The van der Waals surface area contributed by atoms with E-state index in [-0.39, 0.29) is 11.7 Å². The van der Waals surface area contributed by atoms with Gasteiger partial charge in [-0.15, -0.1) is 0 Å². The van der Waals surface area contributed by atoms with E-state index >= 15 is 0 Å². The van der Waals surface area contributed by atoms with Gasteiger partial charge in [-0.05, 0) is 48.7 Å². The molecule has 148 valence electrons. The molecular formula is C22H24ClFN2O2. The second kappa shape index (κ2) is 8.50. The van der Waals surface area contributed by atoms with Crippen LogP contribution in [0.2, 0.25) is 5.02 Å². The van der Waals surface area contributed by atoms with E-state index in [1.54, 1.807) is 12.1 Å². The first-order valence-electron chi connectivity index (χ1n) is 9.76. The lowest BCUT2D eigenvalue weighted by Gasteiger charge is -2.29. The summed E-state index contributed by atoms with van der Waals surface area (Å²) in [6.45, 7) is 3.50. The molecule has 0 N–H and O–H groups in total. The van der Waals surface area contributed by atoms with Crippen LogP contribution in [0.1, 0.15) is 30.4 Å². The zero-order valence-corrected chi connectivity index (χ0v) is 16.5. The first kappa shape index (κ1) is 19.2. The Morgan fingerprint density at radius 3 is 2.75 bits per heavy atom. The van der Waals surface area contributed by atoms with Crippen molar-refractivity contribution in [3.8, 4) is 5.75 Å². The number of benzene rings is 2. The largest absolute Gasteiger partial charge is 0.492 e. The fourth-order valence-corrected chi connectivity index (χ4v) is 4.25. The normalized spacial score (nSPS) is 20.9. The molecule has 2 aromatic rings. The molecule has 1 atom stereocenters. The van der Waals surface area contributed by atoms with E-state index < -0.39 is 0 Å². The van der Waals surface area contributed by atoms with Gasteiger partial charge in [0.25, 0.3) is 0 Å². The third kappa shape index (κ3) is 4.47. The molecule has 2 heterocycles. The van der Waals surface area contributed by atoms with Crippen LogP contribution in [0, 0.1) is 5.82 Å². The molecule has 0 spiro atoms. The van der Waals surface area contributed by atoms with Gasteiger partial charge in [0, 0.05) is 49.2 Å². The highest BCUT2D eigenvalue weighted by atomic mass is 35.5. The third-order valence-corrected chi connectivity index (χ3v) is 5.85. The second-order valence-corrected chi connectivity index (χ2v) is 7.93. The maximum Gasteiger partial charge on any atom is 0.222 e. The number of likely N-dealkylation sites (tertiary alicyclic amines) is 1. The Balaban J connectivity index is 1.43. The minimum absolute atomic E-state index is 0.168. The molecule has 1 saturated heterocycles. The van der Waals surface area contributed by atoms with Crippen molar-refractivity contribution in [2.75, 3.05) is 19.7 Å². The van der Waals surface area contributed by atoms with E-state index in [2.05, 4.69) is 4.90 Å². The van der Waals surface area contributed by atoms with Gasteiger partial charge in [-0.1, -0.05) is 23.7 Å². The zero-order valence-electron chi connectivity index (χ0n) is 15.7. The monoisotopic (exact) mass is 402 g/mol. The molecule has 4 rings (SSSR count). The lowest BCUT2D eigenvalue weighted by Crippen LogP contribution is -2.37. The number of hydrogen-bond donors (Lipinski definition) is 0. The lowest BCUT2D eigenvalue weighted by molar-refractivity contribution is -0.131. The maximum atomic E-state index is 13.1. The van der Waals surface area contributed by atoms with E-state index in [1.807, 2.05) is 23.1 Å². The molecule has 1 amide bonds. The second-order valence-electron chi connectivity index (χ2n) is 7.49. The number of fused-ring (bicyclic) bond motifs is 1. The van der Waals surface area contributed by atoms with Gasteiger partial charge in [-0.3, -0.25) is 9.69 Å². The van der Waals surface area contributed by atoms with Crippen LogP contribution in [0.3, 0.4) is 0 Å². The number of rotatable bonds is 3. The van der Waals surface area contributed by atoms with E-state index in [0.29, 0.717) is 37.2 Å². The Hall–Kier alpha value is -2.11. The van der Waals surface area contributed by atoms with Crippen LogP contribution in [0.4, 0.5) is 4.39 Å². The van der Waals surface area contributed by atoms with Crippen molar-refractivity contribution in [3.63, 3.8) is 0 Å². The zero-order chi connectivity index (χ0) is 19.5. The Morgan fingerprint density at radius 2 is 1.93 bits per heavy atom. The summed E-state index contributed by atoms with van der Waals surface area (Å²) in [4.78, 5) is 16.9. The lowest BCUT2D eigenvalue weighted by atomic mass is 10.1. The Bertz CT molecular complexity index is 843. The van der Waals surface area contributed by atoms with E-state index in [4.69, 9.17) is 16.3 Å². The maximum absolute atomic E-state index is 13.1. The number of carbonyl (C=O) groups is 1. The van der Waals surface area contributed by atoms with Crippen LogP contribution in [-0.4, -0.2) is 41.4 Å². The molecule has 2 aliphatic heterocycles. The number of carbonyl (C=O) groups excluding carboxylic acids is 1. The summed E-state index contributed by atoms with van der Waals surface area (Å²) in [5, 5.41) is 0.714. The predicted octanol–water partition coefficient (Wildman–Crippen LogP) is 4.25. The number of nitrogens with zero attached hydrogens (tertiary/aromatic N) is 2. The third-order valence-electron chi connectivity index (χ3n) is 5.61. The smallest absolute Gasteiger partial charge is 0.222 e. The summed E-state index contributed by atoms with van der Waals surface area (Å²) >= 11 is 6.17. The topological polar surface area (TPSA) is 32.8 Å². The van der Waals surface area contributed by atoms with Gasteiger partial charge in [-0.25, -0.2) is 4.39 Å². The first-order valence-corrected chi connectivity index (χ1v) is 10.1. The standard InChI is InChI=1S/C22H24ClFN2O2/c23-18-3-7-21-17(13-18)15-25(11-12-28-21)20-6-8-22(27)26(10-9-20)14-16-1-4-19(24)5-2-16/h1-5,7,13,20H,6,8-12,14-15H2. The van der Waals surface area contributed by atoms with Crippen molar-refractivity contribution in [2.45, 2.75) is 38.4 Å². The van der Waals surface area contributed by atoms with Crippen LogP contribution < -0.4 is 4.74 Å². The van der Waals surface area contributed by atoms with Crippen molar-refractivity contribution in [3.05, 3.63) is 64.4 Å². The first-order chi connectivity index (χ1) is 13.6. The SMILES string of the molecule is O=C1CCC(N2CCOc3ccc(Cl)cc3C2)CCN1Cc1ccc(F)cc1. The van der Waals surface area contributed by atoms with Gasteiger partial charge in [0.1, 0.15) is 18.2 Å². The summed E-state index contributed by atoms with van der Waals surface area (Å²) < 4.78 is 19.0. The quantitative estimate of drug-likeness (QED) is 0.769. The van der Waals surface area contributed by atoms with Gasteiger partial charge >= 0.3 is 0 Å². The average molecular weight is 403 g/mol. The highest BCUT2D eigenvalue weighted by Crippen LogP contribution is 2.29. The van der Waals surface area contributed by atoms with Crippen molar-refractivity contribution in [1.29, 1.82) is 0 Å². The van der Waals surface area contributed by atoms with Gasteiger partial charge in [0.15, 0.2) is 0 Å². The molecular weight excluding hydrogens is 379 g/mol. The molecule has 4 nitrogen and oxygen atoms in total. The summed E-state index contributed by atoms with van der Waals surface area (Å²) in [5.74, 6) is 0.811. The van der Waals surface area contributed by atoms with E-state index in [9.17, 15) is 9.18 Å². The predicted molar refractivity (Wildman–Crippen MR) is 107 cm³/mol. The molecule has 1 unspecified atom stereocenters. The van der Waals surface area contributed by atoms with Gasteiger partial charge in [-0.2, -0.15) is 0 Å². The van der Waals surface area contributed by atoms with Crippen LogP contribution in [0.25, 0.3) is 0 Å². The number of hydrogen-bond acceptors (Lipinski definition) is 3. The number of ether oxygens (including phenoxy) is 1. The minimum atomic E-state index is -0.255. The summed E-state index contributed by atoms with van der Waals surface area (Å²) in [6.07, 6.45) is 2.29. The van der Waals surface area contributed by atoms with Crippen molar-refractivity contribution in [2.24, 2.45) is 0 Å². The fourth-order valence-electron chi connectivity index (χ4n) is 4.06. The van der Waals surface area contributed by atoms with Crippen molar-refractivity contribution >= 4 is 17.5 Å². The average Bonchev–Trinajstić information content (AvgIpc) is 3.00. The van der Waals surface area contributed by atoms with Crippen LogP contribution in [0.5, 0.6) is 5.75 Å². The molecule has 28 heavy (non-hydrogen) atoms. The Labute approximate surface area is 169 Å². The Morgan fingerprint density at radius 1 is 1.11 bits per heavy atom. The minimum Gasteiger partial charge on any atom is -0.492 e. The molecule has 1 fully saturated rings. The molecule has 2 aromatic carbocycles. The van der Waals surface area contributed by atoms with Gasteiger partial charge in [0.05, 0.1) is 0 Å². The highest BCUT2D eigenvalue weighted by molar-refractivity contribution is 6.30. The molecule has 0 radical (unpaired) electrons. The molecule has 6 heteroatoms. The van der Waals surface area contributed by atoms with Crippen molar-refractivity contribution < 1.29 is 13.9 Å². The van der Waals surface area contributed by atoms with Gasteiger partial charge < -0.3 is 9.64 Å². The number of amides is 1. The van der Waals surface area contributed by atoms with E-state index in [1.165, 1.54) is 12.1 Å². The van der Waals surface area contributed by atoms with Crippen LogP contribution in [-0.2, 0) is 17.9 Å². The Kier molecular flexibility index (Phi) is 5.83. The molecule has 0 saturated carbocycles. The highest BCUT2D eigenvalue weighted by Gasteiger charge is 2.28. The van der Waals surface area contributed by atoms with Crippen LogP contribution in [0.15, 0.2) is 42.5 Å².